The van der Waals surface area contributed by atoms with Crippen molar-refractivity contribution in [1.29, 1.82) is 0 Å². The van der Waals surface area contributed by atoms with Gasteiger partial charge in [-0.1, -0.05) is 23.4 Å². The topological polar surface area (TPSA) is 75.9 Å². The third kappa shape index (κ3) is 2.91. The summed E-state index contributed by atoms with van der Waals surface area (Å²) in [5, 5.41) is 3.79. The average molecular weight is 377 g/mol. The van der Waals surface area contributed by atoms with Crippen LogP contribution in [-0.4, -0.2) is 43.7 Å². The SMILES string of the molecule is Cc1noc(C)c1S(=O)(=O)N1CCC(N2COCc3ccccc32)CC1. The highest BCUT2D eigenvalue weighted by atomic mass is 32.2. The number of hydrogen-bond acceptors (Lipinski definition) is 6. The van der Waals surface area contributed by atoms with Crippen molar-refractivity contribution < 1.29 is 17.7 Å². The Bertz CT molecular complexity index is 881. The molecule has 1 saturated heterocycles. The third-order valence-electron chi connectivity index (χ3n) is 5.22. The molecular formula is C18H23N3O4S. The number of rotatable bonds is 3. The Kier molecular flexibility index (Phi) is 4.50. The maximum absolute atomic E-state index is 13.0. The van der Waals surface area contributed by atoms with E-state index in [-0.39, 0.29) is 10.9 Å². The van der Waals surface area contributed by atoms with E-state index in [1.807, 2.05) is 12.1 Å². The van der Waals surface area contributed by atoms with Crippen LogP contribution in [0.2, 0.25) is 0 Å². The molecular weight excluding hydrogens is 354 g/mol. The lowest BCUT2D eigenvalue weighted by Crippen LogP contribution is -2.48. The van der Waals surface area contributed by atoms with Crippen LogP contribution in [-0.2, 0) is 21.4 Å². The zero-order valence-electron chi connectivity index (χ0n) is 15.0. The monoisotopic (exact) mass is 377 g/mol. The molecule has 4 rings (SSSR count). The molecule has 1 aromatic heterocycles. The molecule has 2 aromatic rings. The molecule has 1 fully saturated rings. The molecule has 0 unspecified atom stereocenters. The van der Waals surface area contributed by atoms with Crippen LogP contribution in [0.25, 0.3) is 0 Å². The summed E-state index contributed by atoms with van der Waals surface area (Å²) in [7, 11) is -3.57. The van der Waals surface area contributed by atoms with Crippen molar-refractivity contribution in [2.45, 2.75) is 44.2 Å². The van der Waals surface area contributed by atoms with Crippen molar-refractivity contribution in [3.63, 3.8) is 0 Å². The number of benzene rings is 1. The van der Waals surface area contributed by atoms with Gasteiger partial charge in [0.15, 0.2) is 5.76 Å². The molecule has 2 aliphatic rings. The molecule has 0 saturated carbocycles. The molecule has 0 spiro atoms. The lowest BCUT2D eigenvalue weighted by Gasteiger charge is -2.41. The zero-order valence-corrected chi connectivity index (χ0v) is 15.8. The smallest absolute Gasteiger partial charge is 0.248 e. The van der Waals surface area contributed by atoms with E-state index in [0.29, 0.717) is 37.9 Å². The summed E-state index contributed by atoms with van der Waals surface area (Å²) in [6.07, 6.45) is 1.53. The number of fused-ring (bicyclic) bond motifs is 1. The third-order valence-corrected chi connectivity index (χ3v) is 7.36. The first-order valence-corrected chi connectivity index (χ1v) is 10.3. The van der Waals surface area contributed by atoms with Gasteiger partial charge >= 0.3 is 0 Å². The summed E-state index contributed by atoms with van der Waals surface area (Å²) >= 11 is 0. The Hall–Kier alpha value is -1.90. The highest BCUT2D eigenvalue weighted by Gasteiger charge is 2.36. The van der Waals surface area contributed by atoms with E-state index in [1.54, 1.807) is 18.2 Å². The second kappa shape index (κ2) is 6.68. The zero-order chi connectivity index (χ0) is 18.3. The van der Waals surface area contributed by atoms with Gasteiger partial charge in [0.2, 0.25) is 10.0 Å². The van der Waals surface area contributed by atoms with Crippen LogP contribution in [0.5, 0.6) is 0 Å². The molecule has 0 aliphatic carbocycles. The fourth-order valence-corrected chi connectivity index (χ4v) is 5.67. The first-order chi connectivity index (χ1) is 12.5. The Balaban J connectivity index is 1.50. The van der Waals surface area contributed by atoms with Crippen LogP contribution < -0.4 is 4.90 Å². The van der Waals surface area contributed by atoms with Crippen LogP contribution in [0.15, 0.2) is 33.7 Å². The van der Waals surface area contributed by atoms with Gasteiger partial charge in [0.1, 0.15) is 17.3 Å². The van der Waals surface area contributed by atoms with Gasteiger partial charge in [0.05, 0.1) is 6.61 Å². The standard InChI is InChI=1S/C18H23N3O4S/c1-13-18(14(2)25-19-13)26(22,23)20-9-7-16(8-10-20)21-12-24-11-15-5-3-4-6-17(15)21/h3-6,16H,7-12H2,1-2H3. The average Bonchev–Trinajstić information content (AvgIpc) is 3.00. The van der Waals surface area contributed by atoms with Gasteiger partial charge in [-0.25, -0.2) is 8.42 Å². The van der Waals surface area contributed by atoms with Gasteiger partial charge in [0.25, 0.3) is 0 Å². The molecule has 0 radical (unpaired) electrons. The van der Waals surface area contributed by atoms with Gasteiger partial charge in [-0.05, 0) is 32.8 Å². The summed E-state index contributed by atoms with van der Waals surface area (Å²) in [5.74, 6) is 0.350. The molecule has 0 atom stereocenters. The highest BCUT2D eigenvalue weighted by Crippen LogP contribution is 2.32. The van der Waals surface area contributed by atoms with Crippen molar-refractivity contribution in [3.05, 3.63) is 41.3 Å². The molecule has 0 bridgehead atoms. The Labute approximate surface area is 153 Å². The number of aromatic nitrogens is 1. The maximum atomic E-state index is 13.0. The summed E-state index contributed by atoms with van der Waals surface area (Å²) in [6, 6.07) is 8.52. The highest BCUT2D eigenvalue weighted by molar-refractivity contribution is 7.89. The van der Waals surface area contributed by atoms with Crippen LogP contribution >= 0.6 is 0 Å². The van der Waals surface area contributed by atoms with Crippen molar-refractivity contribution in [3.8, 4) is 0 Å². The fourth-order valence-electron chi connectivity index (χ4n) is 3.90. The minimum Gasteiger partial charge on any atom is -0.360 e. The first-order valence-electron chi connectivity index (χ1n) is 8.84. The molecule has 0 N–H and O–H groups in total. The van der Waals surface area contributed by atoms with Crippen molar-refractivity contribution in [2.75, 3.05) is 24.7 Å². The minimum absolute atomic E-state index is 0.211. The second-order valence-electron chi connectivity index (χ2n) is 6.86. The van der Waals surface area contributed by atoms with Crippen LogP contribution in [0.1, 0.15) is 29.9 Å². The number of anilines is 1. The minimum atomic E-state index is -3.57. The van der Waals surface area contributed by atoms with Crippen molar-refractivity contribution >= 4 is 15.7 Å². The van der Waals surface area contributed by atoms with Crippen LogP contribution in [0.4, 0.5) is 5.69 Å². The number of hydrogen-bond donors (Lipinski definition) is 0. The number of piperidine rings is 1. The first kappa shape index (κ1) is 17.5. The summed E-state index contributed by atoms with van der Waals surface area (Å²) < 4.78 is 38.2. The quantitative estimate of drug-likeness (QED) is 0.818. The molecule has 8 heteroatoms. The van der Waals surface area contributed by atoms with Gasteiger partial charge in [0, 0.05) is 30.4 Å². The van der Waals surface area contributed by atoms with Crippen LogP contribution in [0.3, 0.4) is 0 Å². The number of para-hydroxylation sites is 1. The fraction of sp³-hybridized carbons (Fsp3) is 0.500. The van der Waals surface area contributed by atoms with E-state index in [2.05, 4.69) is 22.2 Å². The summed E-state index contributed by atoms with van der Waals surface area (Å²) in [4.78, 5) is 2.47. The van der Waals surface area contributed by atoms with Crippen LogP contribution in [0, 0.1) is 13.8 Å². The van der Waals surface area contributed by atoms with E-state index in [0.717, 1.165) is 12.8 Å². The predicted molar refractivity (Wildman–Crippen MR) is 96.3 cm³/mol. The molecule has 3 heterocycles. The number of ether oxygens (including phenoxy) is 1. The number of nitrogens with zero attached hydrogens (tertiary/aromatic N) is 3. The van der Waals surface area contributed by atoms with Gasteiger partial charge in [-0.2, -0.15) is 4.31 Å². The summed E-state index contributed by atoms with van der Waals surface area (Å²) in [6.45, 7) is 5.45. The molecule has 2 aliphatic heterocycles. The molecule has 1 aromatic carbocycles. The van der Waals surface area contributed by atoms with Gasteiger partial charge in [-0.15, -0.1) is 0 Å². The lowest BCUT2D eigenvalue weighted by molar-refractivity contribution is 0.0988. The molecule has 0 amide bonds. The Morgan fingerprint density at radius 1 is 1.15 bits per heavy atom. The molecule has 26 heavy (non-hydrogen) atoms. The Morgan fingerprint density at radius 2 is 1.88 bits per heavy atom. The van der Waals surface area contributed by atoms with E-state index < -0.39 is 10.0 Å². The predicted octanol–water partition coefficient (Wildman–Crippen LogP) is 2.44. The van der Waals surface area contributed by atoms with Gasteiger partial charge in [-0.3, -0.25) is 0 Å². The normalized spacial score (nSPS) is 19.5. The molecule has 7 nitrogen and oxygen atoms in total. The van der Waals surface area contributed by atoms with Crippen molar-refractivity contribution in [2.24, 2.45) is 0 Å². The number of sulfonamides is 1. The number of aryl methyl sites for hydroxylation is 2. The Morgan fingerprint density at radius 3 is 2.58 bits per heavy atom. The summed E-state index contributed by atoms with van der Waals surface area (Å²) in [5.41, 5.74) is 2.80. The van der Waals surface area contributed by atoms with E-state index >= 15 is 0 Å². The van der Waals surface area contributed by atoms with Crippen molar-refractivity contribution in [1.82, 2.24) is 9.46 Å². The molecule has 140 valence electrons. The van der Waals surface area contributed by atoms with E-state index in [1.165, 1.54) is 11.3 Å². The largest absolute Gasteiger partial charge is 0.360 e. The second-order valence-corrected chi connectivity index (χ2v) is 8.74. The van der Waals surface area contributed by atoms with E-state index in [4.69, 9.17) is 9.26 Å². The van der Waals surface area contributed by atoms with E-state index in [9.17, 15) is 8.42 Å². The van der Waals surface area contributed by atoms with Gasteiger partial charge < -0.3 is 14.2 Å². The lowest BCUT2D eigenvalue weighted by atomic mass is 10.0. The maximum Gasteiger partial charge on any atom is 0.248 e.